The summed E-state index contributed by atoms with van der Waals surface area (Å²) in [5.41, 5.74) is 2.05. The predicted molar refractivity (Wildman–Crippen MR) is 94.6 cm³/mol. The SMILES string of the molecule is Cc1ccc(Oc2nccnc2C2CCCN(C(=O)C3CC3)C2)cc1. The van der Waals surface area contributed by atoms with E-state index in [1.165, 1.54) is 5.56 Å². The fraction of sp³-hybridized carbons (Fsp3) is 0.450. The van der Waals surface area contributed by atoms with Gasteiger partial charge in [0.2, 0.25) is 11.8 Å². The maximum atomic E-state index is 12.4. The van der Waals surface area contributed by atoms with Gasteiger partial charge in [0.15, 0.2) is 0 Å². The summed E-state index contributed by atoms with van der Waals surface area (Å²) in [6, 6.07) is 7.92. The van der Waals surface area contributed by atoms with Gasteiger partial charge in [-0.2, -0.15) is 0 Å². The number of hydrogen-bond acceptors (Lipinski definition) is 4. The third kappa shape index (κ3) is 3.65. The van der Waals surface area contributed by atoms with Crippen LogP contribution in [-0.2, 0) is 4.79 Å². The largest absolute Gasteiger partial charge is 0.437 e. The van der Waals surface area contributed by atoms with Crippen molar-refractivity contribution >= 4 is 5.91 Å². The maximum Gasteiger partial charge on any atom is 0.241 e. The molecule has 2 aliphatic rings. The molecular weight excluding hydrogens is 314 g/mol. The van der Waals surface area contributed by atoms with Gasteiger partial charge in [-0.3, -0.25) is 9.78 Å². The van der Waals surface area contributed by atoms with Gasteiger partial charge in [-0.25, -0.2) is 4.98 Å². The molecule has 0 radical (unpaired) electrons. The number of carbonyl (C=O) groups is 1. The number of amides is 1. The molecule has 1 aromatic carbocycles. The van der Waals surface area contributed by atoms with Gasteiger partial charge in [-0.05, 0) is 44.7 Å². The second kappa shape index (κ2) is 6.82. The van der Waals surface area contributed by atoms with Crippen molar-refractivity contribution < 1.29 is 9.53 Å². The Labute approximate surface area is 148 Å². The highest BCUT2D eigenvalue weighted by Gasteiger charge is 2.36. The van der Waals surface area contributed by atoms with E-state index in [4.69, 9.17) is 4.74 Å². The minimum atomic E-state index is 0.186. The topological polar surface area (TPSA) is 55.3 Å². The van der Waals surface area contributed by atoms with Crippen molar-refractivity contribution in [3.8, 4) is 11.6 Å². The Bertz CT molecular complexity index is 756. The number of aryl methyl sites for hydroxylation is 1. The molecule has 1 unspecified atom stereocenters. The van der Waals surface area contributed by atoms with Crippen molar-refractivity contribution in [2.75, 3.05) is 13.1 Å². The van der Waals surface area contributed by atoms with E-state index < -0.39 is 0 Å². The van der Waals surface area contributed by atoms with Gasteiger partial charge in [0.05, 0.1) is 0 Å². The Balaban J connectivity index is 1.53. The monoisotopic (exact) mass is 337 g/mol. The minimum Gasteiger partial charge on any atom is -0.437 e. The number of ether oxygens (including phenoxy) is 1. The lowest BCUT2D eigenvalue weighted by Gasteiger charge is -2.33. The zero-order chi connectivity index (χ0) is 17.2. The lowest BCUT2D eigenvalue weighted by molar-refractivity contribution is -0.133. The molecule has 1 saturated heterocycles. The number of piperidine rings is 1. The Morgan fingerprint density at radius 3 is 2.64 bits per heavy atom. The van der Waals surface area contributed by atoms with Crippen molar-refractivity contribution in [2.45, 2.75) is 38.5 Å². The van der Waals surface area contributed by atoms with Gasteiger partial charge in [0.1, 0.15) is 11.4 Å². The molecule has 5 nitrogen and oxygen atoms in total. The van der Waals surface area contributed by atoms with E-state index in [9.17, 15) is 4.79 Å². The molecule has 0 bridgehead atoms. The Morgan fingerprint density at radius 2 is 1.88 bits per heavy atom. The summed E-state index contributed by atoms with van der Waals surface area (Å²) in [6.07, 6.45) is 7.48. The van der Waals surface area contributed by atoms with Crippen molar-refractivity contribution in [1.29, 1.82) is 0 Å². The molecule has 5 heteroatoms. The van der Waals surface area contributed by atoms with Crippen LogP contribution in [0.5, 0.6) is 11.6 Å². The third-order valence-corrected chi connectivity index (χ3v) is 4.97. The lowest BCUT2D eigenvalue weighted by atomic mass is 9.94. The molecule has 1 atom stereocenters. The smallest absolute Gasteiger partial charge is 0.241 e. The van der Waals surface area contributed by atoms with Gasteiger partial charge in [-0.1, -0.05) is 17.7 Å². The van der Waals surface area contributed by atoms with E-state index in [0.717, 1.165) is 50.2 Å². The number of carbonyl (C=O) groups excluding carboxylic acids is 1. The Kier molecular flexibility index (Phi) is 4.38. The molecule has 1 saturated carbocycles. The zero-order valence-corrected chi connectivity index (χ0v) is 14.5. The van der Waals surface area contributed by atoms with Crippen molar-refractivity contribution in [1.82, 2.24) is 14.9 Å². The summed E-state index contributed by atoms with van der Waals surface area (Å²) < 4.78 is 6.00. The molecule has 1 aliphatic carbocycles. The molecule has 2 heterocycles. The van der Waals surface area contributed by atoms with E-state index in [-0.39, 0.29) is 11.8 Å². The highest BCUT2D eigenvalue weighted by atomic mass is 16.5. The van der Waals surface area contributed by atoms with Crippen molar-refractivity contribution in [3.05, 3.63) is 47.9 Å². The van der Waals surface area contributed by atoms with Gasteiger partial charge < -0.3 is 9.64 Å². The number of hydrogen-bond donors (Lipinski definition) is 0. The fourth-order valence-electron chi connectivity index (χ4n) is 3.40. The molecule has 0 N–H and O–H groups in total. The average Bonchev–Trinajstić information content (AvgIpc) is 3.49. The van der Waals surface area contributed by atoms with E-state index in [0.29, 0.717) is 11.8 Å². The molecule has 1 amide bonds. The van der Waals surface area contributed by atoms with Gasteiger partial charge >= 0.3 is 0 Å². The molecular formula is C20H23N3O2. The van der Waals surface area contributed by atoms with Crippen LogP contribution in [0.1, 0.15) is 42.9 Å². The first kappa shape index (κ1) is 16.1. The Hall–Kier alpha value is -2.43. The highest BCUT2D eigenvalue weighted by molar-refractivity contribution is 5.81. The normalized spacial score (nSPS) is 20.4. The van der Waals surface area contributed by atoms with Crippen molar-refractivity contribution in [2.24, 2.45) is 5.92 Å². The molecule has 4 rings (SSSR count). The van der Waals surface area contributed by atoms with Crippen LogP contribution in [0.4, 0.5) is 0 Å². The van der Waals surface area contributed by atoms with Gasteiger partial charge in [0.25, 0.3) is 0 Å². The molecule has 1 aromatic heterocycles. The summed E-state index contributed by atoms with van der Waals surface area (Å²) in [5, 5.41) is 0. The molecule has 25 heavy (non-hydrogen) atoms. The van der Waals surface area contributed by atoms with Crippen LogP contribution in [0, 0.1) is 12.8 Å². The van der Waals surface area contributed by atoms with Crippen LogP contribution in [-0.4, -0.2) is 33.9 Å². The van der Waals surface area contributed by atoms with E-state index >= 15 is 0 Å². The average molecular weight is 337 g/mol. The standard InChI is InChI=1S/C20H23N3O2/c1-14-4-8-17(9-5-14)25-19-18(21-10-11-22-19)16-3-2-12-23(13-16)20(24)15-6-7-15/h4-5,8-11,15-16H,2-3,6-7,12-13H2,1H3. The van der Waals surface area contributed by atoms with Crippen LogP contribution >= 0.6 is 0 Å². The highest BCUT2D eigenvalue weighted by Crippen LogP contribution is 2.36. The lowest BCUT2D eigenvalue weighted by Crippen LogP contribution is -2.40. The quantitative estimate of drug-likeness (QED) is 0.854. The van der Waals surface area contributed by atoms with Crippen LogP contribution in [0.25, 0.3) is 0 Å². The van der Waals surface area contributed by atoms with Gasteiger partial charge in [0, 0.05) is 37.3 Å². The van der Waals surface area contributed by atoms with E-state index in [1.54, 1.807) is 12.4 Å². The third-order valence-electron chi connectivity index (χ3n) is 4.97. The summed E-state index contributed by atoms with van der Waals surface area (Å²) in [4.78, 5) is 23.4. The summed E-state index contributed by atoms with van der Waals surface area (Å²) in [7, 11) is 0. The zero-order valence-electron chi connectivity index (χ0n) is 14.5. The van der Waals surface area contributed by atoms with Gasteiger partial charge in [-0.15, -0.1) is 0 Å². The molecule has 2 aromatic rings. The van der Waals surface area contributed by atoms with E-state index in [2.05, 4.69) is 9.97 Å². The number of likely N-dealkylation sites (tertiary alicyclic amines) is 1. The fourth-order valence-corrected chi connectivity index (χ4v) is 3.40. The predicted octanol–water partition coefficient (Wildman–Crippen LogP) is 3.69. The van der Waals surface area contributed by atoms with Crippen LogP contribution < -0.4 is 4.74 Å². The van der Waals surface area contributed by atoms with Crippen molar-refractivity contribution in [3.63, 3.8) is 0 Å². The molecule has 1 aliphatic heterocycles. The first-order valence-electron chi connectivity index (χ1n) is 9.05. The first-order chi connectivity index (χ1) is 12.2. The van der Waals surface area contributed by atoms with Crippen LogP contribution in [0.3, 0.4) is 0 Å². The number of benzene rings is 1. The number of nitrogens with zero attached hydrogens (tertiary/aromatic N) is 3. The van der Waals surface area contributed by atoms with E-state index in [1.807, 2.05) is 36.1 Å². The summed E-state index contributed by atoms with van der Waals surface area (Å²) in [5.74, 6) is 2.08. The number of rotatable bonds is 4. The second-order valence-corrected chi connectivity index (χ2v) is 7.06. The first-order valence-corrected chi connectivity index (χ1v) is 9.05. The Morgan fingerprint density at radius 1 is 1.12 bits per heavy atom. The molecule has 0 spiro atoms. The molecule has 2 fully saturated rings. The van der Waals surface area contributed by atoms with Crippen LogP contribution in [0.15, 0.2) is 36.7 Å². The summed E-state index contributed by atoms with van der Waals surface area (Å²) in [6.45, 7) is 3.63. The second-order valence-electron chi connectivity index (χ2n) is 7.06. The summed E-state index contributed by atoms with van der Waals surface area (Å²) >= 11 is 0. The number of aromatic nitrogens is 2. The maximum absolute atomic E-state index is 12.4. The minimum absolute atomic E-state index is 0.186. The van der Waals surface area contributed by atoms with Crippen LogP contribution in [0.2, 0.25) is 0 Å². The molecule has 130 valence electrons.